The van der Waals surface area contributed by atoms with Crippen molar-refractivity contribution < 1.29 is 27.9 Å². The molecule has 0 aliphatic carbocycles. The number of hydrogen-bond acceptors (Lipinski definition) is 5. The number of nitrogens with zero attached hydrogens (tertiary/aromatic N) is 1. The monoisotopic (exact) mass is 239 g/mol. The van der Waals surface area contributed by atoms with Crippen LogP contribution in [0.15, 0.2) is 0 Å². The van der Waals surface area contributed by atoms with E-state index in [-0.39, 0.29) is 6.54 Å². The summed E-state index contributed by atoms with van der Waals surface area (Å²) in [5.41, 5.74) is 0. The molecule has 0 aromatic heterocycles. The molecule has 0 saturated heterocycles. The molecule has 0 atom stereocenters. The summed E-state index contributed by atoms with van der Waals surface area (Å²) in [6, 6.07) is 0. The van der Waals surface area contributed by atoms with Crippen molar-refractivity contribution in [2.24, 2.45) is 0 Å². The van der Waals surface area contributed by atoms with E-state index in [2.05, 4.69) is 4.74 Å². The molecular formula is C7H13NO6S. The molecule has 0 rings (SSSR count). The Hall–Kier alpha value is -1.15. The Morgan fingerprint density at radius 1 is 1.40 bits per heavy atom. The molecule has 0 unspecified atom stereocenters. The van der Waals surface area contributed by atoms with Gasteiger partial charge in [-0.15, -0.1) is 0 Å². The molecule has 88 valence electrons. The second-order valence-corrected chi connectivity index (χ2v) is 4.62. The van der Waals surface area contributed by atoms with Crippen LogP contribution in [0, 0.1) is 0 Å². The lowest BCUT2D eigenvalue weighted by Crippen LogP contribution is -2.39. The van der Waals surface area contributed by atoms with E-state index in [9.17, 15) is 18.0 Å². The lowest BCUT2D eigenvalue weighted by atomic mass is 10.6. The van der Waals surface area contributed by atoms with E-state index in [0.717, 1.165) is 7.11 Å². The van der Waals surface area contributed by atoms with E-state index in [1.807, 2.05) is 0 Å². The van der Waals surface area contributed by atoms with Gasteiger partial charge in [0.2, 0.25) is 10.0 Å². The van der Waals surface area contributed by atoms with Gasteiger partial charge in [0.1, 0.15) is 6.54 Å². The number of esters is 1. The van der Waals surface area contributed by atoms with Gasteiger partial charge in [-0.3, -0.25) is 9.59 Å². The van der Waals surface area contributed by atoms with Crippen molar-refractivity contribution in [1.82, 2.24) is 4.31 Å². The van der Waals surface area contributed by atoms with Crippen LogP contribution in [0.2, 0.25) is 0 Å². The third kappa shape index (κ3) is 4.75. The third-order valence-corrected chi connectivity index (χ3v) is 3.36. The Morgan fingerprint density at radius 2 is 1.93 bits per heavy atom. The average molecular weight is 239 g/mol. The number of carbonyl (C=O) groups is 2. The lowest BCUT2D eigenvalue weighted by molar-refractivity contribution is -0.139. The number of sulfonamides is 1. The summed E-state index contributed by atoms with van der Waals surface area (Å²) >= 11 is 0. The van der Waals surface area contributed by atoms with E-state index >= 15 is 0 Å². The summed E-state index contributed by atoms with van der Waals surface area (Å²) < 4.78 is 27.8. The van der Waals surface area contributed by atoms with Crippen LogP contribution in [0.1, 0.15) is 6.92 Å². The molecule has 0 aromatic carbocycles. The van der Waals surface area contributed by atoms with Crippen LogP contribution >= 0.6 is 0 Å². The van der Waals surface area contributed by atoms with Crippen molar-refractivity contribution in [3.05, 3.63) is 0 Å². The average Bonchev–Trinajstić information content (AvgIpc) is 2.12. The van der Waals surface area contributed by atoms with Gasteiger partial charge in [0, 0.05) is 6.54 Å². The maximum atomic E-state index is 11.4. The number of likely N-dealkylation sites (N-methyl/N-ethyl adjacent to an activating group) is 1. The minimum Gasteiger partial charge on any atom is -0.480 e. The lowest BCUT2D eigenvalue weighted by Gasteiger charge is -2.17. The number of hydrogen-bond donors (Lipinski definition) is 1. The van der Waals surface area contributed by atoms with Gasteiger partial charge in [0.25, 0.3) is 0 Å². The Labute approximate surface area is 87.7 Å². The fraction of sp³-hybridized carbons (Fsp3) is 0.714. The topological polar surface area (TPSA) is 101 Å². The van der Waals surface area contributed by atoms with Gasteiger partial charge < -0.3 is 9.84 Å². The molecule has 8 heteroatoms. The summed E-state index contributed by atoms with van der Waals surface area (Å²) in [5, 5.41) is 8.45. The number of methoxy groups -OCH3 is 1. The van der Waals surface area contributed by atoms with Crippen LogP contribution in [0.3, 0.4) is 0 Å². The molecular weight excluding hydrogens is 226 g/mol. The van der Waals surface area contributed by atoms with Crippen LogP contribution in [-0.4, -0.2) is 55.7 Å². The number of aliphatic carboxylic acids is 1. The number of carboxylic acids is 1. The number of rotatable bonds is 6. The minimum atomic E-state index is -3.90. The first-order chi connectivity index (χ1) is 6.83. The summed E-state index contributed by atoms with van der Waals surface area (Å²) in [4.78, 5) is 21.1. The normalized spacial score (nSPS) is 11.4. The quantitative estimate of drug-likeness (QED) is 0.590. The molecule has 1 N–H and O–H groups in total. The zero-order valence-corrected chi connectivity index (χ0v) is 9.28. The Bertz CT molecular complexity index is 335. The summed E-state index contributed by atoms with van der Waals surface area (Å²) in [5.74, 6) is -3.03. The minimum absolute atomic E-state index is 0.00831. The highest BCUT2D eigenvalue weighted by atomic mass is 32.2. The summed E-state index contributed by atoms with van der Waals surface area (Å²) in [6.07, 6.45) is 0. The van der Waals surface area contributed by atoms with Gasteiger partial charge in [-0.25, -0.2) is 8.42 Å². The highest BCUT2D eigenvalue weighted by Crippen LogP contribution is 2.01. The van der Waals surface area contributed by atoms with Gasteiger partial charge >= 0.3 is 11.9 Å². The molecule has 0 amide bonds. The highest BCUT2D eigenvalue weighted by molar-refractivity contribution is 7.89. The van der Waals surface area contributed by atoms with Crippen LogP contribution < -0.4 is 0 Å². The molecule has 0 spiro atoms. The first kappa shape index (κ1) is 13.8. The van der Waals surface area contributed by atoms with Crippen molar-refractivity contribution >= 4 is 22.0 Å². The van der Waals surface area contributed by atoms with Gasteiger partial charge in [-0.1, -0.05) is 6.92 Å². The van der Waals surface area contributed by atoms with E-state index < -0.39 is 34.3 Å². The fourth-order valence-corrected chi connectivity index (χ4v) is 2.16. The Kier molecular flexibility index (Phi) is 5.23. The Morgan fingerprint density at radius 3 is 2.27 bits per heavy atom. The van der Waals surface area contributed by atoms with Gasteiger partial charge in [0.15, 0.2) is 5.75 Å². The van der Waals surface area contributed by atoms with Crippen molar-refractivity contribution in [2.75, 3.05) is 26.0 Å². The first-order valence-electron chi connectivity index (χ1n) is 4.10. The van der Waals surface area contributed by atoms with Crippen molar-refractivity contribution in [1.29, 1.82) is 0 Å². The summed E-state index contributed by atoms with van der Waals surface area (Å²) in [7, 11) is -2.84. The molecule has 7 nitrogen and oxygen atoms in total. The maximum absolute atomic E-state index is 11.4. The summed E-state index contributed by atoms with van der Waals surface area (Å²) in [6.45, 7) is 0.819. The third-order valence-electron chi connectivity index (χ3n) is 1.59. The van der Waals surface area contributed by atoms with Crippen LogP contribution in [-0.2, 0) is 24.3 Å². The highest BCUT2D eigenvalue weighted by Gasteiger charge is 2.26. The largest absolute Gasteiger partial charge is 0.480 e. The van der Waals surface area contributed by atoms with Crippen LogP contribution in [0.4, 0.5) is 0 Å². The first-order valence-corrected chi connectivity index (χ1v) is 5.70. The number of carbonyl (C=O) groups excluding carboxylic acids is 1. The van der Waals surface area contributed by atoms with Gasteiger partial charge in [0.05, 0.1) is 7.11 Å². The predicted molar refractivity (Wildman–Crippen MR) is 50.7 cm³/mol. The molecule has 0 heterocycles. The zero-order chi connectivity index (χ0) is 12.1. The predicted octanol–water partition coefficient (Wildman–Crippen LogP) is -1.10. The Balaban J connectivity index is 4.66. The molecule has 0 bridgehead atoms. The van der Waals surface area contributed by atoms with E-state index in [1.54, 1.807) is 0 Å². The molecule has 0 radical (unpaired) electrons. The SMILES string of the molecule is CCN(CC(=O)O)S(=O)(=O)CC(=O)OC. The molecule has 0 aromatic rings. The van der Waals surface area contributed by atoms with Crippen molar-refractivity contribution in [3.8, 4) is 0 Å². The second kappa shape index (κ2) is 5.66. The number of carboxylic acid groups (broad SMARTS) is 1. The second-order valence-electron chi connectivity index (χ2n) is 2.65. The van der Waals surface area contributed by atoms with E-state index in [4.69, 9.17) is 5.11 Å². The smallest absolute Gasteiger partial charge is 0.322 e. The van der Waals surface area contributed by atoms with Gasteiger partial charge in [-0.05, 0) is 0 Å². The molecule has 0 aliphatic rings. The molecule has 0 saturated carbocycles. The molecule has 15 heavy (non-hydrogen) atoms. The van der Waals surface area contributed by atoms with E-state index in [1.165, 1.54) is 6.92 Å². The van der Waals surface area contributed by atoms with Crippen molar-refractivity contribution in [3.63, 3.8) is 0 Å². The fourth-order valence-electron chi connectivity index (χ4n) is 0.857. The van der Waals surface area contributed by atoms with Crippen LogP contribution in [0.5, 0.6) is 0 Å². The van der Waals surface area contributed by atoms with Crippen LogP contribution in [0.25, 0.3) is 0 Å². The van der Waals surface area contributed by atoms with Gasteiger partial charge in [-0.2, -0.15) is 4.31 Å². The van der Waals surface area contributed by atoms with E-state index in [0.29, 0.717) is 4.31 Å². The molecule has 0 aliphatic heterocycles. The maximum Gasteiger partial charge on any atom is 0.322 e. The zero-order valence-electron chi connectivity index (χ0n) is 8.47. The standard InChI is InChI=1S/C7H13NO6S/c1-3-8(4-6(9)10)15(12,13)5-7(11)14-2/h3-5H2,1-2H3,(H,9,10). The van der Waals surface area contributed by atoms with Crippen molar-refractivity contribution in [2.45, 2.75) is 6.92 Å². The molecule has 0 fully saturated rings. The number of ether oxygens (including phenoxy) is 1.